The van der Waals surface area contributed by atoms with Crippen LogP contribution < -0.4 is 0 Å². The van der Waals surface area contributed by atoms with Gasteiger partial charge in [-0.25, -0.2) is 15.0 Å². The van der Waals surface area contributed by atoms with Crippen molar-refractivity contribution in [2.45, 2.75) is 0 Å². The zero-order valence-corrected chi connectivity index (χ0v) is 33.9. The first-order valence-corrected chi connectivity index (χ1v) is 21.3. The maximum Gasteiger partial charge on any atom is 0.165 e. The molecule has 2 aromatic heterocycles. The first-order valence-electron chi connectivity index (χ1n) is 20.5. The monoisotopic (exact) mass is 795 g/mol. The smallest absolute Gasteiger partial charge is 0.165 e. The van der Waals surface area contributed by atoms with Crippen LogP contribution in [0.4, 0.5) is 0 Å². The minimum Gasteiger partial charge on any atom is -0.208 e. The summed E-state index contributed by atoms with van der Waals surface area (Å²) in [4.78, 5) is 15.9. The quantitative estimate of drug-likeness (QED) is 0.154. The zero-order chi connectivity index (χ0) is 40.5. The van der Waals surface area contributed by atoms with Crippen molar-refractivity contribution in [3.05, 3.63) is 224 Å². The van der Waals surface area contributed by atoms with Crippen LogP contribution in [0.5, 0.6) is 0 Å². The molecule has 0 amide bonds. The second-order valence-electron chi connectivity index (χ2n) is 15.2. The van der Waals surface area contributed by atoms with Crippen molar-refractivity contribution in [1.82, 2.24) is 15.0 Å². The second-order valence-corrected chi connectivity index (χ2v) is 16.2. The van der Waals surface area contributed by atoms with Crippen molar-refractivity contribution in [2.75, 3.05) is 0 Å². The minimum absolute atomic E-state index is 0.627. The van der Waals surface area contributed by atoms with Gasteiger partial charge in [-0.05, 0) is 74.3 Å². The van der Waals surface area contributed by atoms with E-state index in [1.807, 2.05) is 23.5 Å². The molecule has 0 N–H and O–H groups in total. The van der Waals surface area contributed by atoms with Crippen molar-refractivity contribution >= 4 is 31.5 Å². The Bertz CT molecular complexity index is 3190. The van der Waals surface area contributed by atoms with Crippen LogP contribution in [0.2, 0.25) is 0 Å². The predicted octanol–water partition coefficient (Wildman–Crippen LogP) is 15.6. The van der Waals surface area contributed by atoms with E-state index in [1.165, 1.54) is 48.9 Å². The van der Waals surface area contributed by atoms with Gasteiger partial charge in [0.25, 0.3) is 0 Å². The molecule has 0 atom stereocenters. The molecule has 0 spiro atoms. The maximum absolute atomic E-state index is 5.35. The van der Waals surface area contributed by atoms with E-state index in [4.69, 9.17) is 15.0 Å². The van der Waals surface area contributed by atoms with Crippen molar-refractivity contribution in [2.24, 2.45) is 0 Å². The zero-order valence-electron chi connectivity index (χ0n) is 33.1. The van der Waals surface area contributed by atoms with Crippen LogP contribution in [0.3, 0.4) is 0 Å². The van der Waals surface area contributed by atoms with Gasteiger partial charge in [-0.15, -0.1) is 11.3 Å². The Morgan fingerprint density at radius 2 is 0.525 bits per heavy atom. The lowest BCUT2D eigenvalue weighted by Crippen LogP contribution is -2.00. The molecular weight excluding hydrogens is 759 g/mol. The Kier molecular flexibility index (Phi) is 9.38. The molecule has 0 saturated carbocycles. The number of hydrogen-bond donors (Lipinski definition) is 0. The highest BCUT2D eigenvalue weighted by Crippen LogP contribution is 2.47. The average Bonchev–Trinajstić information content (AvgIpc) is 3.73. The summed E-state index contributed by atoms with van der Waals surface area (Å²) in [6, 6.07) is 79.4. The molecule has 4 heteroatoms. The molecule has 0 aliphatic heterocycles. The number of thiophene rings is 1. The van der Waals surface area contributed by atoms with Crippen LogP contribution in [0.25, 0.3) is 110 Å². The third-order valence-corrected chi connectivity index (χ3v) is 12.6. The predicted molar refractivity (Wildman–Crippen MR) is 256 cm³/mol. The van der Waals surface area contributed by atoms with E-state index >= 15 is 0 Å². The van der Waals surface area contributed by atoms with Gasteiger partial charge < -0.3 is 0 Å². The Morgan fingerprint density at radius 3 is 0.934 bits per heavy atom. The van der Waals surface area contributed by atoms with Crippen molar-refractivity contribution < 1.29 is 0 Å². The normalized spacial score (nSPS) is 11.3. The third-order valence-electron chi connectivity index (χ3n) is 11.3. The Labute approximate surface area is 359 Å². The average molecular weight is 796 g/mol. The summed E-state index contributed by atoms with van der Waals surface area (Å²) in [6.07, 6.45) is 0. The molecule has 286 valence electrons. The van der Waals surface area contributed by atoms with Crippen molar-refractivity contribution in [3.8, 4) is 89.8 Å². The van der Waals surface area contributed by atoms with Gasteiger partial charge in [0.15, 0.2) is 17.5 Å². The number of benzene rings is 9. The molecule has 0 bridgehead atoms. The van der Waals surface area contributed by atoms with Crippen LogP contribution >= 0.6 is 11.3 Å². The topological polar surface area (TPSA) is 38.7 Å². The van der Waals surface area contributed by atoms with Gasteiger partial charge in [0, 0.05) is 42.4 Å². The number of rotatable bonds is 8. The Hall–Kier alpha value is -7.79. The number of hydrogen-bond acceptors (Lipinski definition) is 4. The molecule has 0 aliphatic carbocycles. The largest absolute Gasteiger partial charge is 0.208 e. The van der Waals surface area contributed by atoms with E-state index in [0.29, 0.717) is 17.5 Å². The highest BCUT2D eigenvalue weighted by Gasteiger charge is 2.21. The molecule has 0 unspecified atom stereocenters. The molecule has 3 nitrogen and oxygen atoms in total. The summed E-state index contributed by atoms with van der Waals surface area (Å²) >= 11 is 1.81. The first-order chi connectivity index (χ1) is 30.2. The van der Waals surface area contributed by atoms with Crippen molar-refractivity contribution in [3.63, 3.8) is 0 Å². The molecule has 9 aromatic carbocycles. The summed E-state index contributed by atoms with van der Waals surface area (Å²) in [6.45, 7) is 0. The standard InChI is InChI=1S/C57H37N3S/c1-6-16-38(17-7-1)42-26-30-45(31-27-42)55-58-56(46-32-28-43(29-33-46)39-18-8-2-9-19-39)60-57(59-55)52-37-48(41-22-12-4-13-23-41)36-51-50-35-47(40-20-10-3-11-21-40)34-49(53(50)61-54(51)52)44-24-14-5-15-25-44/h1-37H. The van der Waals surface area contributed by atoms with Crippen molar-refractivity contribution in [1.29, 1.82) is 0 Å². The number of nitrogens with zero attached hydrogens (tertiary/aromatic N) is 3. The van der Waals surface area contributed by atoms with Gasteiger partial charge >= 0.3 is 0 Å². The highest BCUT2D eigenvalue weighted by atomic mass is 32.1. The molecule has 0 fully saturated rings. The third kappa shape index (κ3) is 7.09. The Morgan fingerprint density at radius 1 is 0.230 bits per heavy atom. The highest BCUT2D eigenvalue weighted by molar-refractivity contribution is 7.27. The molecule has 0 radical (unpaired) electrons. The van der Waals surface area contributed by atoms with Crippen LogP contribution in [-0.2, 0) is 0 Å². The van der Waals surface area contributed by atoms with Gasteiger partial charge in [0.05, 0.1) is 0 Å². The molecule has 0 saturated heterocycles. The van der Waals surface area contributed by atoms with E-state index in [2.05, 4.69) is 212 Å². The maximum atomic E-state index is 5.35. The molecular formula is C57H37N3S. The Balaban J connectivity index is 1.16. The van der Waals surface area contributed by atoms with Gasteiger partial charge in [-0.1, -0.05) is 200 Å². The number of aromatic nitrogens is 3. The van der Waals surface area contributed by atoms with Gasteiger partial charge in [-0.2, -0.15) is 0 Å². The molecule has 0 aliphatic rings. The summed E-state index contributed by atoms with van der Waals surface area (Å²) in [5, 5.41) is 2.39. The van der Waals surface area contributed by atoms with E-state index in [1.54, 1.807) is 0 Å². The minimum atomic E-state index is 0.627. The first kappa shape index (κ1) is 36.3. The number of fused-ring (bicyclic) bond motifs is 3. The molecule has 11 rings (SSSR count). The SMILES string of the molecule is c1ccc(-c2ccc(-c3nc(-c4ccc(-c5ccccc5)cc4)nc(-c4cc(-c5ccccc5)cc5c4sc4c(-c6ccccc6)cc(-c6ccccc6)cc45)n3)cc2)cc1. The van der Waals surface area contributed by atoms with E-state index < -0.39 is 0 Å². The lowest BCUT2D eigenvalue weighted by molar-refractivity contribution is 1.08. The summed E-state index contributed by atoms with van der Waals surface area (Å²) in [5.41, 5.74) is 14.4. The van der Waals surface area contributed by atoms with Crippen LogP contribution in [-0.4, -0.2) is 15.0 Å². The lowest BCUT2D eigenvalue weighted by atomic mass is 9.94. The van der Waals surface area contributed by atoms with Crippen LogP contribution in [0.15, 0.2) is 224 Å². The van der Waals surface area contributed by atoms with Gasteiger partial charge in [-0.3, -0.25) is 0 Å². The summed E-state index contributed by atoms with van der Waals surface area (Å²) < 4.78 is 2.37. The second kappa shape index (κ2) is 15.8. The van der Waals surface area contributed by atoms with E-state index in [9.17, 15) is 0 Å². The van der Waals surface area contributed by atoms with Crippen LogP contribution in [0, 0.1) is 0 Å². The lowest BCUT2D eigenvalue weighted by Gasteiger charge is -2.12. The molecule has 11 aromatic rings. The van der Waals surface area contributed by atoms with Crippen LogP contribution in [0.1, 0.15) is 0 Å². The summed E-state index contributed by atoms with van der Waals surface area (Å²) in [7, 11) is 0. The molecule has 2 heterocycles. The fourth-order valence-corrected chi connectivity index (χ4v) is 9.52. The fraction of sp³-hybridized carbons (Fsp3) is 0. The molecule has 61 heavy (non-hydrogen) atoms. The van der Waals surface area contributed by atoms with E-state index in [0.717, 1.165) is 43.6 Å². The van der Waals surface area contributed by atoms with Gasteiger partial charge in [0.1, 0.15) is 0 Å². The summed E-state index contributed by atoms with van der Waals surface area (Å²) in [5.74, 6) is 1.89. The van der Waals surface area contributed by atoms with Gasteiger partial charge in [0.2, 0.25) is 0 Å². The van der Waals surface area contributed by atoms with E-state index in [-0.39, 0.29) is 0 Å². The fourth-order valence-electron chi connectivity index (χ4n) is 8.21.